The molecule has 0 radical (unpaired) electrons. The van der Waals surface area contributed by atoms with Gasteiger partial charge in [0.2, 0.25) is 29.4 Å². The van der Waals surface area contributed by atoms with E-state index in [4.69, 9.17) is 9.47 Å². The predicted molar refractivity (Wildman–Crippen MR) is 203 cm³/mol. The van der Waals surface area contributed by atoms with Gasteiger partial charge >= 0.3 is 0 Å². The molecule has 55 heavy (non-hydrogen) atoms. The zero-order chi connectivity index (χ0) is 39.2. The third-order valence-corrected chi connectivity index (χ3v) is 10.5. The molecule has 14 heteroatoms. The second-order valence-electron chi connectivity index (χ2n) is 14.7. The quantitative estimate of drug-likeness (QED) is 0.202. The molecule has 5 rings (SSSR count). The summed E-state index contributed by atoms with van der Waals surface area (Å²) in [5.74, 6) is -3.28. The Morgan fingerprint density at radius 1 is 0.945 bits per heavy atom. The van der Waals surface area contributed by atoms with Gasteiger partial charge in [0.1, 0.15) is 17.8 Å². The molecule has 3 aliphatic rings. The lowest BCUT2D eigenvalue weighted by atomic mass is 9.83. The van der Waals surface area contributed by atoms with Gasteiger partial charge in [0, 0.05) is 19.6 Å². The molecule has 2 heterocycles. The van der Waals surface area contributed by atoms with E-state index in [-0.39, 0.29) is 50.1 Å². The van der Waals surface area contributed by atoms with E-state index in [1.165, 1.54) is 4.90 Å². The number of hydrogen-bond donors (Lipinski definition) is 5. The van der Waals surface area contributed by atoms with Crippen molar-refractivity contribution >= 4 is 35.3 Å². The highest BCUT2D eigenvalue weighted by Gasteiger charge is 2.45. The largest absolute Gasteiger partial charge is 0.494 e. The minimum atomic E-state index is -1.21. The van der Waals surface area contributed by atoms with E-state index < -0.39 is 60.3 Å². The first-order valence-corrected chi connectivity index (χ1v) is 19.7. The summed E-state index contributed by atoms with van der Waals surface area (Å²) in [7, 11) is 0. The van der Waals surface area contributed by atoms with Crippen LogP contribution in [-0.2, 0) is 39.9 Å². The first-order chi connectivity index (χ1) is 26.7. The van der Waals surface area contributed by atoms with Crippen LogP contribution in [0.5, 0.6) is 5.75 Å². The van der Waals surface area contributed by atoms with Gasteiger partial charge in [-0.05, 0) is 61.3 Å². The van der Waals surface area contributed by atoms with Crippen LogP contribution in [0.3, 0.4) is 0 Å². The Hall–Kier alpha value is -4.82. The van der Waals surface area contributed by atoms with E-state index in [0.717, 1.165) is 37.7 Å². The molecule has 5 N–H and O–H groups in total. The van der Waals surface area contributed by atoms with Crippen molar-refractivity contribution in [3.63, 3.8) is 0 Å². The Labute approximate surface area is 322 Å². The third-order valence-electron chi connectivity index (χ3n) is 10.5. The highest BCUT2D eigenvalue weighted by atomic mass is 16.5. The maximum absolute atomic E-state index is 14.5. The number of benzene rings is 2. The van der Waals surface area contributed by atoms with Crippen molar-refractivity contribution in [1.29, 1.82) is 0 Å². The minimum Gasteiger partial charge on any atom is -0.494 e. The maximum atomic E-state index is 14.5. The number of hydrogen-bond acceptors (Lipinski definition) is 9. The van der Waals surface area contributed by atoms with Crippen molar-refractivity contribution in [2.24, 2.45) is 5.92 Å². The van der Waals surface area contributed by atoms with Crippen LogP contribution >= 0.6 is 0 Å². The normalized spacial score (nSPS) is 22.3. The lowest BCUT2D eigenvalue weighted by molar-refractivity contribution is -0.144. The lowest BCUT2D eigenvalue weighted by Gasteiger charge is -2.35. The molecule has 1 unspecified atom stereocenters. The summed E-state index contributed by atoms with van der Waals surface area (Å²) < 4.78 is 12.1. The van der Waals surface area contributed by atoms with Gasteiger partial charge in [-0.1, -0.05) is 75.1 Å². The van der Waals surface area contributed by atoms with E-state index in [1.807, 2.05) is 31.2 Å². The van der Waals surface area contributed by atoms with E-state index in [9.17, 15) is 33.9 Å². The Morgan fingerprint density at radius 3 is 2.45 bits per heavy atom. The topological polar surface area (TPSA) is 192 Å². The summed E-state index contributed by atoms with van der Waals surface area (Å²) in [4.78, 5) is 82.7. The fraction of sp³-hybridized carbons (Fsp3) is 0.561. The minimum absolute atomic E-state index is 0.0585. The van der Waals surface area contributed by atoms with Gasteiger partial charge in [-0.2, -0.15) is 0 Å². The summed E-state index contributed by atoms with van der Waals surface area (Å²) >= 11 is 0. The van der Waals surface area contributed by atoms with Gasteiger partial charge in [0.15, 0.2) is 0 Å². The van der Waals surface area contributed by atoms with Crippen molar-refractivity contribution in [2.75, 3.05) is 32.9 Å². The average molecular weight is 762 g/mol. The van der Waals surface area contributed by atoms with Gasteiger partial charge < -0.3 is 40.7 Å². The highest BCUT2D eigenvalue weighted by Crippen LogP contribution is 2.30. The molecule has 1 saturated carbocycles. The second kappa shape index (κ2) is 20.7. The molecule has 14 nitrogen and oxygen atoms in total. The Balaban J connectivity index is 1.28. The van der Waals surface area contributed by atoms with Crippen LogP contribution in [0, 0.1) is 5.92 Å². The SMILES string of the molecule is CCCC(NC(=O)[C@@H]1C[C@@H]2CN1C(=O)[C@H](C1CCCCC1)NC(=O)Cc1cccc(c1)OCCCCO2)C(=O)C(=O)NCC(=O)N[C@H](CO)c1ccccc1. The molecule has 298 valence electrons. The number of nitrogens with one attached hydrogen (secondary N) is 4. The monoisotopic (exact) mass is 761 g/mol. The molecular formula is C41H55N5O9. The second-order valence-corrected chi connectivity index (χ2v) is 14.7. The number of amides is 5. The van der Waals surface area contributed by atoms with E-state index >= 15 is 0 Å². The molecule has 4 bridgehead atoms. The summed E-state index contributed by atoms with van der Waals surface area (Å²) in [6.45, 7) is 1.91. The van der Waals surface area contributed by atoms with Crippen molar-refractivity contribution in [1.82, 2.24) is 26.2 Å². The number of aliphatic hydroxyl groups excluding tert-OH is 1. The van der Waals surface area contributed by atoms with Crippen LogP contribution < -0.4 is 26.0 Å². The standard InChI is InChI=1S/C41H55N5O9/c1-2-12-32(38(50)40(52)42-24-36(49)43-33(26-47)28-14-5-3-6-15-28)44-39(51)34-23-31-25-46(34)41(53)37(29-16-7-4-8-17-29)45-35(48)22-27-13-11-18-30(21-27)54-19-9-10-20-55-31/h3,5-6,11,13-15,18,21,29,31-34,37,47H,2,4,7-10,12,16-17,19-20,22-26H2,1H3,(H,42,52)(H,43,49)(H,44,51)(H,45,48)/t31-,32?,33-,34+,37+/m1/s1. The third kappa shape index (κ3) is 11.8. The smallest absolute Gasteiger partial charge is 0.290 e. The Morgan fingerprint density at radius 2 is 1.71 bits per heavy atom. The lowest BCUT2D eigenvalue weighted by Crippen LogP contribution is -2.58. The van der Waals surface area contributed by atoms with Gasteiger partial charge in [-0.3, -0.25) is 28.8 Å². The number of ketones is 1. The van der Waals surface area contributed by atoms with E-state index in [2.05, 4.69) is 21.3 Å². The zero-order valence-corrected chi connectivity index (χ0v) is 31.6. The molecule has 1 saturated heterocycles. The van der Waals surface area contributed by atoms with Crippen LogP contribution in [0.2, 0.25) is 0 Å². The van der Waals surface area contributed by atoms with Crippen molar-refractivity contribution in [2.45, 2.75) is 108 Å². The Kier molecular flexibility index (Phi) is 15.6. The number of aliphatic hydroxyl groups is 1. The molecule has 2 aliphatic heterocycles. The van der Waals surface area contributed by atoms with Crippen molar-refractivity contribution < 1.29 is 43.3 Å². The van der Waals surface area contributed by atoms with Crippen LogP contribution in [0.1, 0.15) is 88.3 Å². The molecule has 2 fully saturated rings. The molecule has 0 spiro atoms. The summed E-state index contributed by atoms with van der Waals surface area (Å²) in [6.07, 6.45) is 6.22. The molecular weight excluding hydrogens is 706 g/mol. The zero-order valence-electron chi connectivity index (χ0n) is 31.6. The van der Waals surface area contributed by atoms with Crippen LogP contribution in [0.25, 0.3) is 0 Å². The predicted octanol–water partition coefficient (Wildman–Crippen LogP) is 2.27. The van der Waals surface area contributed by atoms with Crippen LogP contribution in [0.4, 0.5) is 0 Å². The van der Waals surface area contributed by atoms with Gasteiger partial charge in [0.05, 0.1) is 44.4 Å². The summed E-state index contributed by atoms with van der Waals surface area (Å²) in [6, 6.07) is 12.4. The maximum Gasteiger partial charge on any atom is 0.290 e. The number of rotatable bonds is 12. The highest BCUT2D eigenvalue weighted by molar-refractivity contribution is 6.38. The number of Topliss-reactive ketones (excluding diaryl/α,β-unsaturated/α-hetero) is 1. The van der Waals surface area contributed by atoms with Gasteiger partial charge in [0.25, 0.3) is 5.91 Å². The van der Waals surface area contributed by atoms with Gasteiger partial charge in [-0.15, -0.1) is 0 Å². The molecule has 0 aromatic heterocycles. The van der Waals surface area contributed by atoms with Gasteiger partial charge in [-0.25, -0.2) is 0 Å². The van der Waals surface area contributed by atoms with Crippen molar-refractivity contribution in [3.05, 3.63) is 65.7 Å². The number of carbonyl (C=O) groups excluding carboxylic acids is 6. The fourth-order valence-electron chi connectivity index (χ4n) is 7.63. The van der Waals surface area contributed by atoms with Crippen LogP contribution in [0.15, 0.2) is 54.6 Å². The molecule has 5 amide bonds. The molecule has 5 atom stereocenters. The average Bonchev–Trinajstić information content (AvgIpc) is 3.63. The fourth-order valence-corrected chi connectivity index (χ4v) is 7.63. The first kappa shape index (κ1) is 41.3. The number of nitrogens with zero attached hydrogens (tertiary/aromatic N) is 1. The summed E-state index contributed by atoms with van der Waals surface area (Å²) in [5.41, 5.74) is 1.43. The molecule has 2 aromatic carbocycles. The van der Waals surface area contributed by atoms with Crippen LogP contribution in [-0.4, -0.2) is 102 Å². The number of fused-ring (bicyclic) bond motifs is 4. The molecule has 2 aromatic rings. The summed E-state index contributed by atoms with van der Waals surface area (Å²) in [5, 5.41) is 20.5. The van der Waals surface area contributed by atoms with Crippen molar-refractivity contribution in [3.8, 4) is 5.75 Å². The molecule has 1 aliphatic carbocycles. The Bertz CT molecular complexity index is 1630. The number of carbonyl (C=O) groups is 6. The number of ether oxygens (including phenoxy) is 2. The van der Waals surface area contributed by atoms with E-state index in [1.54, 1.807) is 30.3 Å². The first-order valence-electron chi connectivity index (χ1n) is 19.7. The van der Waals surface area contributed by atoms with E-state index in [0.29, 0.717) is 43.8 Å².